The molecule has 2 unspecified atom stereocenters. The third kappa shape index (κ3) is 3.42. The molecule has 1 N–H and O–H groups in total. The standard InChI is InChI=1S/C18H30N2/c1-5-12-18(3,4)20-14-16(6-2)19-13-17(20)15-10-8-7-9-11-15/h7-11,16-17,19H,5-6,12-14H2,1-4H3. The van der Waals surface area contributed by atoms with Crippen molar-refractivity contribution in [3.63, 3.8) is 0 Å². The molecular formula is C18H30N2. The van der Waals surface area contributed by atoms with Crippen LogP contribution in [0.4, 0.5) is 0 Å². The van der Waals surface area contributed by atoms with Crippen LogP contribution >= 0.6 is 0 Å². The Morgan fingerprint density at radius 3 is 2.50 bits per heavy atom. The van der Waals surface area contributed by atoms with E-state index in [0.717, 1.165) is 13.1 Å². The Hall–Kier alpha value is -0.860. The fourth-order valence-electron chi connectivity index (χ4n) is 3.49. The summed E-state index contributed by atoms with van der Waals surface area (Å²) in [5, 5.41) is 3.72. The summed E-state index contributed by atoms with van der Waals surface area (Å²) in [6, 6.07) is 12.1. The lowest BCUT2D eigenvalue weighted by Crippen LogP contribution is -2.58. The van der Waals surface area contributed by atoms with Crippen molar-refractivity contribution >= 4 is 0 Å². The van der Waals surface area contributed by atoms with Gasteiger partial charge in [-0.15, -0.1) is 0 Å². The molecule has 2 rings (SSSR count). The van der Waals surface area contributed by atoms with E-state index >= 15 is 0 Å². The normalized spacial score (nSPS) is 24.8. The molecule has 2 atom stereocenters. The minimum atomic E-state index is 0.269. The van der Waals surface area contributed by atoms with E-state index in [1.54, 1.807) is 0 Å². The van der Waals surface area contributed by atoms with E-state index in [1.165, 1.54) is 24.8 Å². The third-order valence-corrected chi connectivity index (χ3v) is 4.71. The highest BCUT2D eigenvalue weighted by Crippen LogP contribution is 2.33. The molecule has 112 valence electrons. The van der Waals surface area contributed by atoms with Gasteiger partial charge in [-0.1, -0.05) is 50.6 Å². The Morgan fingerprint density at radius 2 is 1.90 bits per heavy atom. The average molecular weight is 274 g/mol. The molecule has 0 saturated carbocycles. The molecule has 1 aliphatic heterocycles. The van der Waals surface area contributed by atoms with E-state index in [1.807, 2.05) is 0 Å². The number of piperazine rings is 1. The first kappa shape index (κ1) is 15.5. The lowest BCUT2D eigenvalue weighted by Gasteiger charge is -2.49. The van der Waals surface area contributed by atoms with Crippen molar-refractivity contribution in [3.8, 4) is 0 Å². The third-order valence-electron chi connectivity index (χ3n) is 4.71. The van der Waals surface area contributed by atoms with E-state index in [9.17, 15) is 0 Å². The van der Waals surface area contributed by atoms with E-state index in [-0.39, 0.29) is 5.54 Å². The zero-order valence-corrected chi connectivity index (χ0v) is 13.5. The van der Waals surface area contributed by atoms with E-state index in [2.05, 4.69) is 68.2 Å². The second-order valence-corrected chi connectivity index (χ2v) is 6.65. The molecule has 1 fully saturated rings. The molecule has 0 amide bonds. The first-order valence-corrected chi connectivity index (χ1v) is 8.13. The summed E-state index contributed by atoms with van der Waals surface area (Å²) in [5.41, 5.74) is 1.71. The predicted molar refractivity (Wildman–Crippen MR) is 87.0 cm³/mol. The van der Waals surface area contributed by atoms with Gasteiger partial charge in [-0.3, -0.25) is 4.90 Å². The van der Waals surface area contributed by atoms with Gasteiger partial charge in [-0.2, -0.15) is 0 Å². The summed E-state index contributed by atoms with van der Waals surface area (Å²) >= 11 is 0. The van der Waals surface area contributed by atoms with Crippen LogP contribution in [0.1, 0.15) is 58.6 Å². The van der Waals surface area contributed by atoms with Crippen LogP contribution in [0.25, 0.3) is 0 Å². The first-order chi connectivity index (χ1) is 9.58. The first-order valence-electron chi connectivity index (χ1n) is 8.13. The van der Waals surface area contributed by atoms with Crippen molar-refractivity contribution in [2.45, 2.75) is 64.6 Å². The van der Waals surface area contributed by atoms with E-state index in [0.29, 0.717) is 12.1 Å². The van der Waals surface area contributed by atoms with Crippen molar-refractivity contribution in [2.75, 3.05) is 13.1 Å². The van der Waals surface area contributed by atoms with Crippen LogP contribution in [0.5, 0.6) is 0 Å². The predicted octanol–water partition coefficient (Wildman–Crippen LogP) is 3.99. The maximum atomic E-state index is 3.72. The quantitative estimate of drug-likeness (QED) is 0.873. The fraction of sp³-hybridized carbons (Fsp3) is 0.667. The SMILES string of the molecule is CCCC(C)(C)N1CC(CC)NCC1c1ccccc1. The minimum absolute atomic E-state index is 0.269. The minimum Gasteiger partial charge on any atom is -0.311 e. The van der Waals surface area contributed by atoms with Gasteiger partial charge in [-0.25, -0.2) is 0 Å². The summed E-state index contributed by atoms with van der Waals surface area (Å²) in [6.07, 6.45) is 3.71. The highest BCUT2D eigenvalue weighted by atomic mass is 15.3. The van der Waals surface area contributed by atoms with Gasteiger partial charge >= 0.3 is 0 Å². The monoisotopic (exact) mass is 274 g/mol. The smallest absolute Gasteiger partial charge is 0.0478 e. The average Bonchev–Trinajstić information content (AvgIpc) is 2.47. The lowest BCUT2D eigenvalue weighted by atomic mass is 9.89. The van der Waals surface area contributed by atoms with Gasteiger partial charge < -0.3 is 5.32 Å². The molecule has 0 radical (unpaired) electrons. The summed E-state index contributed by atoms with van der Waals surface area (Å²) in [5.74, 6) is 0. The van der Waals surface area contributed by atoms with Crippen molar-refractivity contribution in [2.24, 2.45) is 0 Å². The van der Waals surface area contributed by atoms with Crippen LogP contribution in [0.2, 0.25) is 0 Å². The summed E-state index contributed by atoms with van der Waals surface area (Å²) in [4.78, 5) is 2.73. The molecule has 2 nitrogen and oxygen atoms in total. The number of hydrogen-bond acceptors (Lipinski definition) is 2. The van der Waals surface area contributed by atoms with Gasteiger partial charge in [0, 0.05) is 30.7 Å². The fourth-order valence-corrected chi connectivity index (χ4v) is 3.49. The largest absolute Gasteiger partial charge is 0.311 e. The lowest BCUT2D eigenvalue weighted by molar-refractivity contribution is 0.0231. The summed E-state index contributed by atoms with van der Waals surface area (Å²) in [7, 11) is 0. The molecule has 0 aliphatic carbocycles. The van der Waals surface area contributed by atoms with E-state index < -0.39 is 0 Å². The molecular weight excluding hydrogens is 244 g/mol. The van der Waals surface area contributed by atoms with Gasteiger partial charge in [0.2, 0.25) is 0 Å². The molecule has 1 aromatic carbocycles. The van der Waals surface area contributed by atoms with Crippen LogP contribution in [0.15, 0.2) is 30.3 Å². The maximum Gasteiger partial charge on any atom is 0.0478 e. The highest BCUT2D eigenvalue weighted by molar-refractivity contribution is 5.21. The topological polar surface area (TPSA) is 15.3 Å². The molecule has 1 aliphatic rings. The van der Waals surface area contributed by atoms with Crippen LogP contribution in [0, 0.1) is 0 Å². The molecule has 1 aromatic rings. The second-order valence-electron chi connectivity index (χ2n) is 6.65. The van der Waals surface area contributed by atoms with Crippen molar-refractivity contribution in [1.29, 1.82) is 0 Å². The zero-order chi connectivity index (χ0) is 14.6. The Balaban J connectivity index is 2.24. The van der Waals surface area contributed by atoms with Crippen LogP contribution in [-0.2, 0) is 0 Å². The van der Waals surface area contributed by atoms with Crippen molar-refractivity contribution in [1.82, 2.24) is 10.2 Å². The Bertz CT molecular complexity index is 399. The van der Waals surface area contributed by atoms with Crippen molar-refractivity contribution < 1.29 is 0 Å². The van der Waals surface area contributed by atoms with Gasteiger partial charge in [0.25, 0.3) is 0 Å². The number of benzene rings is 1. The molecule has 0 spiro atoms. The van der Waals surface area contributed by atoms with Gasteiger partial charge in [0.15, 0.2) is 0 Å². The molecule has 2 heteroatoms. The Kier molecular flexibility index (Phi) is 5.22. The van der Waals surface area contributed by atoms with Crippen LogP contribution < -0.4 is 5.32 Å². The summed E-state index contributed by atoms with van der Waals surface area (Å²) in [6.45, 7) is 11.6. The molecule has 20 heavy (non-hydrogen) atoms. The molecule has 0 aromatic heterocycles. The Labute approximate surface area is 124 Å². The highest BCUT2D eigenvalue weighted by Gasteiger charge is 2.36. The van der Waals surface area contributed by atoms with Gasteiger partial charge in [-0.05, 0) is 32.3 Å². The number of nitrogens with zero attached hydrogens (tertiary/aromatic N) is 1. The number of rotatable bonds is 5. The van der Waals surface area contributed by atoms with Gasteiger partial charge in [0.05, 0.1) is 0 Å². The van der Waals surface area contributed by atoms with Crippen LogP contribution in [0.3, 0.4) is 0 Å². The van der Waals surface area contributed by atoms with E-state index in [4.69, 9.17) is 0 Å². The maximum absolute atomic E-state index is 3.72. The number of hydrogen-bond donors (Lipinski definition) is 1. The molecule has 1 heterocycles. The Morgan fingerprint density at radius 1 is 1.20 bits per heavy atom. The second kappa shape index (κ2) is 6.73. The number of nitrogens with one attached hydrogen (secondary N) is 1. The summed E-state index contributed by atoms with van der Waals surface area (Å²) < 4.78 is 0. The van der Waals surface area contributed by atoms with Crippen molar-refractivity contribution in [3.05, 3.63) is 35.9 Å². The van der Waals surface area contributed by atoms with Gasteiger partial charge in [0.1, 0.15) is 0 Å². The zero-order valence-electron chi connectivity index (χ0n) is 13.5. The molecule has 1 saturated heterocycles. The van der Waals surface area contributed by atoms with Crippen LogP contribution in [-0.4, -0.2) is 29.6 Å². The molecule has 0 bridgehead atoms.